The molecule has 0 aromatic carbocycles. The van der Waals surface area contributed by atoms with Gasteiger partial charge in [-0.1, -0.05) is 30.5 Å². The molecule has 36 heavy (non-hydrogen) atoms. The maximum absolute atomic E-state index is 9.77. The van der Waals surface area contributed by atoms with Crippen LogP contribution >= 0.6 is 22.9 Å². The van der Waals surface area contributed by atoms with Crippen LogP contribution in [-0.4, -0.2) is 49.2 Å². The molecule has 6 nitrogen and oxygen atoms in total. The van der Waals surface area contributed by atoms with Gasteiger partial charge in [-0.15, -0.1) is 11.3 Å². The Morgan fingerprint density at radius 2 is 2.14 bits per heavy atom. The van der Waals surface area contributed by atoms with E-state index in [0.717, 1.165) is 68.3 Å². The predicted molar refractivity (Wildman–Crippen MR) is 155 cm³/mol. The first-order valence-corrected chi connectivity index (χ1v) is 14.2. The SMILES string of the molecule is C=N/C(Cl)=C\C(CCC1CCCN1C)=NCC(=N)/C(CCC)=C(\C)C1CCCc2sc(N)c(C#N)c21. The molecule has 1 fully saturated rings. The maximum Gasteiger partial charge on any atom is 0.130 e. The summed E-state index contributed by atoms with van der Waals surface area (Å²) in [7, 11) is 2.18. The molecule has 2 atom stereocenters. The normalized spacial score (nSPS) is 21.6. The molecule has 3 N–H and O–H groups in total. The van der Waals surface area contributed by atoms with E-state index in [4.69, 9.17) is 27.7 Å². The molecule has 0 bridgehead atoms. The number of hydrogen-bond acceptors (Lipinski definition) is 7. The summed E-state index contributed by atoms with van der Waals surface area (Å²) in [6.07, 6.45) is 10.8. The van der Waals surface area contributed by atoms with Gasteiger partial charge in [-0.05, 0) is 95.8 Å². The van der Waals surface area contributed by atoms with Gasteiger partial charge in [-0.3, -0.25) is 9.98 Å². The van der Waals surface area contributed by atoms with Crippen LogP contribution < -0.4 is 5.73 Å². The zero-order valence-electron chi connectivity index (χ0n) is 21.9. The zero-order valence-corrected chi connectivity index (χ0v) is 23.4. The molecule has 1 aliphatic carbocycles. The number of aliphatic imine (C=N–C) groups is 2. The molecule has 0 spiro atoms. The summed E-state index contributed by atoms with van der Waals surface area (Å²) < 4.78 is 0. The van der Waals surface area contributed by atoms with Crippen LogP contribution in [0.4, 0.5) is 5.00 Å². The van der Waals surface area contributed by atoms with Gasteiger partial charge < -0.3 is 16.0 Å². The van der Waals surface area contributed by atoms with Crippen molar-refractivity contribution in [3.63, 3.8) is 0 Å². The largest absolute Gasteiger partial charge is 0.389 e. The number of aryl methyl sites for hydroxylation is 1. The van der Waals surface area contributed by atoms with Crippen LogP contribution in [0.2, 0.25) is 0 Å². The molecule has 2 unspecified atom stereocenters. The minimum Gasteiger partial charge on any atom is -0.389 e. The number of fused-ring (bicyclic) bond motifs is 1. The molecule has 1 aliphatic heterocycles. The van der Waals surface area contributed by atoms with E-state index >= 15 is 0 Å². The number of thiophene rings is 1. The van der Waals surface area contributed by atoms with Crippen molar-refractivity contribution in [1.29, 1.82) is 10.7 Å². The molecule has 3 rings (SSSR count). The number of nitrogens with zero attached hydrogens (tertiary/aromatic N) is 4. The van der Waals surface area contributed by atoms with Gasteiger partial charge in [0.05, 0.1) is 17.8 Å². The Morgan fingerprint density at radius 1 is 1.36 bits per heavy atom. The topological polar surface area (TPSA) is 102 Å². The Labute approximate surface area is 225 Å². The standard InChI is InChI=1S/C28H39ClN6S/c1-5-8-21(18(2)22-10-6-11-25-27(22)23(16-30)28(32)36-25)24(31)17-34-19(15-26(29)33-3)12-13-20-9-7-14-35(20)4/h15,20,22,31H,3,5-14,17,32H2,1-2,4H3/b21-18+,26-15-,31-24?,34-19?. The molecule has 1 saturated heterocycles. The first kappa shape index (κ1) is 28.3. The van der Waals surface area contributed by atoms with Crippen molar-refractivity contribution in [2.24, 2.45) is 9.98 Å². The summed E-state index contributed by atoms with van der Waals surface area (Å²) in [5.41, 5.74) is 11.6. The van der Waals surface area contributed by atoms with E-state index in [1.54, 1.807) is 17.4 Å². The van der Waals surface area contributed by atoms with Crippen LogP contribution in [0.3, 0.4) is 0 Å². The van der Waals surface area contributed by atoms with Gasteiger partial charge >= 0.3 is 0 Å². The number of halogens is 1. The Morgan fingerprint density at radius 3 is 2.78 bits per heavy atom. The smallest absolute Gasteiger partial charge is 0.130 e. The van der Waals surface area contributed by atoms with E-state index in [1.807, 2.05) is 0 Å². The summed E-state index contributed by atoms with van der Waals surface area (Å²) in [6, 6.07) is 2.90. The molecule has 194 valence electrons. The Bertz CT molecular complexity index is 1110. The number of nitrogens with two attached hydrogens (primary N) is 1. The Hall–Kier alpha value is -2.27. The molecule has 1 aromatic heterocycles. The summed E-state index contributed by atoms with van der Waals surface area (Å²) in [4.78, 5) is 12.3. The van der Waals surface area contributed by atoms with Gasteiger partial charge in [0, 0.05) is 22.5 Å². The maximum atomic E-state index is 9.77. The van der Waals surface area contributed by atoms with Gasteiger partial charge in [-0.25, -0.2) is 0 Å². The highest BCUT2D eigenvalue weighted by Gasteiger charge is 2.30. The zero-order chi connectivity index (χ0) is 26.2. The van der Waals surface area contributed by atoms with Crippen LogP contribution in [0.25, 0.3) is 0 Å². The minimum atomic E-state index is 0.138. The number of anilines is 1. The quantitative estimate of drug-likeness (QED) is 0.243. The number of likely N-dealkylation sites (tertiary alicyclic amines) is 1. The highest BCUT2D eigenvalue weighted by molar-refractivity contribution is 7.16. The van der Waals surface area contributed by atoms with Crippen molar-refractivity contribution in [2.45, 2.75) is 83.6 Å². The highest BCUT2D eigenvalue weighted by atomic mass is 35.5. The van der Waals surface area contributed by atoms with Crippen LogP contribution in [0.5, 0.6) is 0 Å². The molecular formula is C28H39ClN6S. The third-order valence-electron chi connectivity index (χ3n) is 7.55. The number of nitrogen functional groups attached to an aromatic ring is 1. The average Bonchev–Trinajstić information content (AvgIpc) is 3.44. The molecule has 8 heteroatoms. The number of nitriles is 1. The molecule has 2 aliphatic rings. The van der Waals surface area contributed by atoms with Crippen molar-refractivity contribution >= 4 is 46.1 Å². The van der Waals surface area contributed by atoms with E-state index in [0.29, 0.717) is 34.0 Å². The van der Waals surface area contributed by atoms with E-state index in [1.165, 1.54) is 23.3 Å². The van der Waals surface area contributed by atoms with Crippen LogP contribution in [0.1, 0.15) is 87.1 Å². The van der Waals surface area contributed by atoms with E-state index < -0.39 is 0 Å². The lowest BCUT2D eigenvalue weighted by molar-refractivity contribution is 0.300. The fourth-order valence-electron chi connectivity index (χ4n) is 5.59. The lowest BCUT2D eigenvalue weighted by Crippen LogP contribution is -2.25. The number of hydrogen-bond donors (Lipinski definition) is 2. The van der Waals surface area contributed by atoms with Crippen molar-refractivity contribution in [2.75, 3.05) is 25.9 Å². The van der Waals surface area contributed by atoms with Crippen LogP contribution in [0, 0.1) is 16.7 Å². The lowest BCUT2D eigenvalue weighted by atomic mass is 9.78. The van der Waals surface area contributed by atoms with Crippen molar-refractivity contribution in [1.82, 2.24) is 4.90 Å². The van der Waals surface area contributed by atoms with E-state index in [9.17, 15) is 5.26 Å². The van der Waals surface area contributed by atoms with Gasteiger partial charge in [0.25, 0.3) is 0 Å². The van der Waals surface area contributed by atoms with Gasteiger partial charge in [-0.2, -0.15) is 5.26 Å². The van der Waals surface area contributed by atoms with Crippen molar-refractivity contribution < 1.29 is 0 Å². The van der Waals surface area contributed by atoms with Gasteiger partial charge in [0.1, 0.15) is 16.2 Å². The molecular weight excluding hydrogens is 488 g/mol. The van der Waals surface area contributed by atoms with Crippen molar-refractivity contribution in [3.05, 3.63) is 38.4 Å². The number of nitrogens with one attached hydrogen (secondary N) is 1. The van der Waals surface area contributed by atoms with E-state index in [-0.39, 0.29) is 5.92 Å². The molecule has 0 amide bonds. The van der Waals surface area contributed by atoms with Crippen LogP contribution in [-0.2, 0) is 6.42 Å². The molecule has 0 saturated carbocycles. The summed E-state index contributed by atoms with van der Waals surface area (Å²) in [5.74, 6) is 0.138. The fraction of sp³-hybridized carbons (Fsp3) is 0.571. The summed E-state index contributed by atoms with van der Waals surface area (Å²) in [6.45, 7) is 9.24. The molecule has 0 radical (unpaired) electrons. The summed E-state index contributed by atoms with van der Waals surface area (Å²) in [5, 5.41) is 19.7. The van der Waals surface area contributed by atoms with Gasteiger partial charge in [0.2, 0.25) is 0 Å². The average molecular weight is 527 g/mol. The second kappa shape index (κ2) is 13.3. The second-order valence-electron chi connectivity index (χ2n) is 9.87. The third kappa shape index (κ3) is 6.73. The Balaban J connectivity index is 1.86. The molecule has 1 aromatic rings. The molecule has 2 heterocycles. The van der Waals surface area contributed by atoms with Gasteiger partial charge in [0.15, 0.2) is 0 Å². The Kier molecular flexibility index (Phi) is 10.5. The first-order valence-electron chi connectivity index (χ1n) is 13.0. The summed E-state index contributed by atoms with van der Waals surface area (Å²) >= 11 is 7.74. The monoisotopic (exact) mass is 526 g/mol. The predicted octanol–water partition coefficient (Wildman–Crippen LogP) is 6.85. The lowest BCUT2D eigenvalue weighted by Gasteiger charge is -2.26. The fourth-order valence-corrected chi connectivity index (χ4v) is 6.84. The van der Waals surface area contributed by atoms with E-state index in [2.05, 4.69) is 43.6 Å². The first-order chi connectivity index (χ1) is 17.3. The van der Waals surface area contributed by atoms with Crippen molar-refractivity contribution in [3.8, 4) is 6.07 Å². The highest BCUT2D eigenvalue weighted by Crippen LogP contribution is 2.45. The number of allylic oxidation sites excluding steroid dienone is 2. The van der Waals surface area contributed by atoms with Crippen LogP contribution in [0.15, 0.2) is 32.4 Å². The second-order valence-corrected chi connectivity index (χ2v) is 11.4. The number of rotatable bonds is 11. The third-order valence-corrected chi connectivity index (χ3v) is 8.87. The minimum absolute atomic E-state index is 0.138.